The zero-order valence-corrected chi connectivity index (χ0v) is 13.1. The number of ether oxygens (including phenoxy) is 1. The Kier molecular flexibility index (Phi) is 4.55. The molecule has 2 aliphatic rings. The van der Waals surface area contributed by atoms with Crippen molar-refractivity contribution in [3.8, 4) is 0 Å². The highest BCUT2D eigenvalue weighted by atomic mass is 19.4. The van der Waals surface area contributed by atoms with Gasteiger partial charge in [-0.15, -0.1) is 0 Å². The molecule has 0 radical (unpaired) electrons. The molecule has 1 aromatic rings. The van der Waals surface area contributed by atoms with Gasteiger partial charge in [-0.25, -0.2) is 0 Å². The van der Waals surface area contributed by atoms with Crippen LogP contribution in [-0.4, -0.2) is 43.2 Å². The number of anilines is 2. The second kappa shape index (κ2) is 6.51. The van der Waals surface area contributed by atoms with E-state index < -0.39 is 34.5 Å². The largest absolute Gasteiger partial charge is 0.416 e. The van der Waals surface area contributed by atoms with Crippen LogP contribution in [0, 0.1) is 16.0 Å². The average Bonchev–Trinajstić information content (AvgIpc) is 3.36. The zero-order chi connectivity index (χ0) is 18.2. The van der Waals surface area contributed by atoms with Crippen molar-refractivity contribution in [2.24, 2.45) is 5.92 Å². The number of amides is 1. The van der Waals surface area contributed by atoms with Gasteiger partial charge in [0.05, 0.1) is 30.2 Å². The molecule has 1 saturated carbocycles. The van der Waals surface area contributed by atoms with Crippen molar-refractivity contribution in [2.75, 3.05) is 36.5 Å². The Hall–Kier alpha value is -2.36. The van der Waals surface area contributed by atoms with Crippen LogP contribution >= 0.6 is 0 Å². The maximum Gasteiger partial charge on any atom is 0.416 e. The molecule has 10 heteroatoms. The number of rotatable bonds is 4. The minimum atomic E-state index is -4.55. The molecule has 0 spiro atoms. The molecule has 0 bridgehead atoms. The van der Waals surface area contributed by atoms with E-state index in [-0.39, 0.29) is 12.1 Å². The summed E-state index contributed by atoms with van der Waals surface area (Å²) in [6, 6.07) is 2.17. The topological polar surface area (TPSA) is 84.7 Å². The van der Waals surface area contributed by atoms with Gasteiger partial charge in [-0.3, -0.25) is 14.9 Å². The van der Waals surface area contributed by atoms with Crippen LogP contribution in [-0.2, 0) is 15.7 Å². The van der Waals surface area contributed by atoms with Crippen LogP contribution in [0.1, 0.15) is 12.0 Å². The van der Waals surface area contributed by atoms with Crippen LogP contribution in [0.4, 0.5) is 24.5 Å². The van der Waals surface area contributed by atoms with Gasteiger partial charge in [0.2, 0.25) is 11.9 Å². The molecule has 1 aromatic carbocycles. The minimum absolute atomic E-state index is 0.00993. The van der Waals surface area contributed by atoms with Gasteiger partial charge in [0.1, 0.15) is 5.92 Å². The quantitative estimate of drug-likeness (QED) is 0.658. The summed E-state index contributed by atoms with van der Waals surface area (Å²) in [5.74, 6) is -1.43. The number of nitro groups is 1. The third-order valence-corrected chi connectivity index (χ3v) is 4.30. The summed E-state index contributed by atoms with van der Waals surface area (Å²) in [6.45, 7) is 1.82. The molecule has 136 valence electrons. The van der Waals surface area contributed by atoms with E-state index >= 15 is 0 Å². The molecule has 0 aromatic heterocycles. The average molecular weight is 359 g/mol. The number of morpholine rings is 1. The van der Waals surface area contributed by atoms with E-state index in [1.54, 1.807) is 0 Å². The van der Waals surface area contributed by atoms with Crippen LogP contribution in [0.15, 0.2) is 18.2 Å². The molecular weight excluding hydrogens is 343 g/mol. The van der Waals surface area contributed by atoms with Crippen LogP contribution in [0.25, 0.3) is 0 Å². The van der Waals surface area contributed by atoms with Crippen LogP contribution in [0.3, 0.4) is 0 Å². The lowest BCUT2D eigenvalue weighted by Gasteiger charge is -2.31. The molecule has 1 amide bonds. The van der Waals surface area contributed by atoms with E-state index in [4.69, 9.17) is 4.74 Å². The Labute approximate surface area is 140 Å². The molecule has 1 N–H and O–H groups in total. The number of nitrogens with one attached hydrogen (secondary N) is 1. The first-order valence-corrected chi connectivity index (χ1v) is 7.75. The lowest BCUT2D eigenvalue weighted by atomic mass is 10.1. The van der Waals surface area contributed by atoms with E-state index in [0.717, 1.165) is 12.1 Å². The molecule has 2 fully saturated rings. The lowest BCUT2D eigenvalue weighted by molar-refractivity contribution is -0.497. The Balaban J connectivity index is 1.85. The molecule has 2 atom stereocenters. The second-order valence-corrected chi connectivity index (χ2v) is 6.01. The van der Waals surface area contributed by atoms with E-state index in [0.29, 0.717) is 32.0 Å². The van der Waals surface area contributed by atoms with Crippen molar-refractivity contribution in [2.45, 2.75) is 18.6 Å². The summed E-state index contributed by atoms with van der Waals surface area (Å²) in [7, 11) is 0. The van der Waals surface area contributed by atoms with Gasteiger partial charge in [-0.05, 0) is 18.2 Å². The van der Waals surface area contributed by atoms with E-state index in [2.05, 4.69) is 5.32 Å². The highest BCUT2D eigenvalue weighted by molar-refractivity contribution is 5.97. The molecular formula is C15H16F3N3O4. The minimum Gasteiger partial charge on any atom is -0.378 e. The number of benzene rings is 1. The maximum absolute atomic E-state index is 13.0. The van der Waals surface area contributed by atoms with Gasteiger partial charge < -0.3 is 15.0 Å². The van der Waals surface area contributed by atoms with Crippen LogP contribution in [0.5, 0.6) is 0 Å². The van der Waals surface area contributed by atoms with Crippen molar-refractivity contribution >= 4 is 17.3 Å². The van der Waals surface area contributed by atoms with E-state index in [1.165, 1.54) is 6.07 Å². The van der Waals surface area contributed by atoms with E-state index in [9.17, 15) is 28.1 Å². The summed E-state index contributed by atoms with van der Waals surface area (Å²) < 4.78 is 44.2. The monoisotopic (exact) mass is 359 g/mol. The number of halogens is 3. The summed E-state index contributed by atoms with van der Waals surface area (Å²) in [4.78, 5) is 24.1. The SMILES string of the molecule is O=C(Nc1cc(C(F)(F)F)ccc1N1CCOCC1)[C@H]1C[C@@H]1[N+](=O)[O-]. The van der Waals surface area contributed by atoms with Crippen molar-refractivity contribution in [1.82, 2.24) is 0 Å². The number of carbonyl (C=O) groups is 1. The molecule has 1 aliphatic heterocycles. The number of carbonyl (C=O) groups excluding carboxylic acids is 1. The molecule has 1 aliphatic carbocycles. The molecule has 1 saturated heterocycles. The fourth-order valence-electron chi connectivity index (χ4n) is 2.81. The number of alkyl halides is 3. The van der Waals surface area contributed by atoms with Crippen molar-refractivity contribution in [3.05, 3.63) is 33.9 Å². The van der Waals surface area contributed by atoms with Gasteiger partial charge in [0.25, 0.3) is 0 Å². The van der Waals surface area contributed by atoms with Crippen molar-refractivity contribution in [1.29, 1.82) is 0 Å². The van der Waals surface area contributed by atoms with Crippen molar-refractivity contribution < 1.29 is 27.6 Å². The summed E-state index contributed by atoms with van der Waals surface area (Å²) in [5.41, 5.74) is -0.430. The molecule has 7 nitrogen and oxygen atoms in total. The fraction of sp³-hybridized carbons (Fsp3) is 0.533. The lowest BCUT2D eigenvalue weighted by Crippen LogP contribution is -2.37. The second-order valence-electron chi connectivity index (χ2n) is 6.01. The van der Waals surface area contributed by atoms with Gasteiger partial charge in [-0.1, -0.05) is 0 Å². The first-order valence-electron chi connectivity index (χ1n) is 7.75. The summed E-state index contributed by atoms with van der Waals surface area (Å²) in [6.07, 6.45) is -4.45. The maximum atomic E-state index is 13.0. The smallest absolute Gasteiger partial charge is 0.378 e. The summed E-state index contributed by atoms with van der Waals surface area (Å²) in [5, 5.41) is 13.1. The first kappa shape index (κ1) is 17.5. The Morgan fingerprint density at radius 2 is 2.00 bits per heavy atom. The Morgan fingerprint density at radius 1 is 1.32 bits per heavy atom. The fourth-order valence-corrected chi connectivity index (χ4v) is 2.81. The number of hydrogen-bond donors (Lipinski definition) is 1. The molecule has 25 heavy (non-hydrogen) atoms. The predicted octanol–water partition coefficient (Wildman–Crippen LogP) is 2.15. The van der Waals surface area contributed by atoms with E-state index in [1.807, 2.05) is 4.90 Å². The number of hydrogen-bond acceptors (Lipinski definition) is 5. The molecule has 1 heterocycles. The van der Waals surface area contributed by atoms with Crippen LogP contribution < -0.4 is 10.2 Å². The van der Waals surface area contributed by atoms with Gasteiger partial charge in [-0.2, -0.15) is 13.2 Å². The Morgan fingerprint density at radius 3 is 2.56 bits per heavy atom. The normalized spacial score (nSPS) is 23.2. The van der Waals surface area contributed by atoms with Gasteiger partial charge in [0.15, 0.2) is 0 Å². The first-order chi connectivity index (χ1) is 11.8. The standard InChI is InChI=1S/C15H16F3N3O4/c16-15(17,18)9-1-2-12(20-3-5-25-6-4-20)11(7-9)19-14(22)10-8-13(10)21(23)24/h1-2,7,10,13H,3-6,8H2,(H,19,22)/t10-,13-/m0/s1. The summed E-state index contributed by atoms with van der Waals surface area (Å²) >= 11 is 0. The third-order valence-electron chi connectivity index (χ3n) is 4.30. The van der Waals surface area contributed by atoms with Crippen LogP contribution in [0.2, 0.25) is 0 Å². The number of nitrogens with zero attached hydrogens (tertiary/aromatic N) is 2. The third kappa shape index (κ3) is 3.84. The predicted molar refractivity (Wildman–Crippen MR) is 82.0 cm³/mol. The highest BCUT2D eigenvalue weighted by Gasteiger charge is 2.53. The molecule has 3 rings (SSSR count). The van der Waals surface area contributed by atoms with Gasteiger partial charge >= 0.3 is 6.18 Å². The zero-order valence-electron chi connectivity index (χ0n) is 13.1. The van der Waals surface area contributed by atoms with Crippen molar-refractivity contribution in [3.63, 3.8) is 0 Å². The molecule has 0 unspecified atom stereocenters. The highest BCUT2D eigenvalue weighted by Crippen LogP contribution is 2.38. The Bertz CT molecular complexity index is 689. The van der Waals surface area contributed by atoms with Gasteiger partial charge in [0, 0.05) is 24.4 Å².